The van der Waals surface area contributed by atoms with Gasteiger partial charge in [-0.05, 0) is 6.92 Å². The first kappa shape index (κ1) is 12.0. The monoisotopic (exact) mass is 251 g/mol. The summed E-state index contributed by atoms with van der Waals surface area (Å²) in [6.07, 6.45) is 3.82. The molecule has 0 aliphatic heterocycles. The number of anilines is 1. The maximum atomic E-state index is 4.36. The Hall–Kier alpha value is -1.43. The van der Waals surface area contributed by atoms with Crippen molar-refractivity contribution in [3.63, 3.8) is 0 Å². The smallest absolute Gasteiger partial charge is 0.205 e. The Balaban J connectivity index is 2.11. The lowest BCUT2D eigenvalue weighted by Crippen LogP contribution is -2.05. The summed E-state index contributed by atoms with van der Waals surface area (Å²) in [6, 6.07) is 0. The van der Waals surface area contributed by atoms with Crippen molar-refractivity contribution in [2.75, 3.05) is 11.9 Å². The largest absolute Gasteiger partial charge is 0.360 e. The molecule has 0 bridgehead atoms. The van der Waals surface area contributed by atoms with Crippen LogP contribution in [0.25, 0.3) is 0 Å². The van der Waals surface area contributed by atoms with E-state index >= 15 is 0 Å². The van der Waals surface area contributed by atoms with E-state index in [2.05, 4.69) is 38.9 Å². The third-order valence-corrected chi connectivity index (χ3v) is 3.23. The van der Waals surface area contributed by atoms with Crippen molar-refractivity contribution in [2.45, 2.75) is 33.2 Å². The molecule has 0 aliphatic rings. The van der Waals surface area contributed by atoms with Crippen LogP contribution in [0.5, 0.6) is 0 Å². The molecular formula is C11H17N5S. The predicted molar refractivity (Wildman–Crippen MR) is 69.5 cm³/mol. The van der Waals surface area contributed by atoms with Crippen molar-refractivity contribution in [1.29, 1.82) is 0 Å². The van der Waals surface area contributed by atoms with Crippen LogP contribution in [-0.2, 0) is 6.54 Å². The zero-order chi connectivity index (χ0) is 12.3. The highest BCUT2D eigenvalue weighted by atomic mass is 32.1. The van der Waals surface area contributed by atoms with Gasteiger partial charge in [-0.3, -0.25) is 0 Å². The van der Waals surface area contributed by atoms with Gasteiger partial charge in [0.05, 0.1) is 6.54 Å². The maximum Gasteiger partial charge on any atom is 0.205 e. The fourth-order valence-electron chi connectivity index (χ4n) is 1.64. The van der Waals surface area contributed by atoms with Crippen molar-refractivity contribution in [3.8, 4) is 0 Å². The van der Waals surface area contributed by atoms with E-state index in [-0.39, 0.29) is 0 Å². The Bertz CT molecular complexity index is 474. The Labute approximate surface area is 105 Å². The van der Waals surface area contributed by atoms with Gasteiger partial charge >= 0.3 is 0 Å². The van der Waals surface area contributed by atoms with Crippen LogP contribution in [0.1, 0.15) is 37.5 Å². The van der Waals surface area contributed by atoms with Crippen molar-refractivity contribution in [2.24, 2.45) is 0 Å². The van der Waals surface area contributed by atoms with Crippen LogP contribution in [0.4, 0.5) is 5.13 Å². The first-order chi connectivity index (χ1) is 8.20. The SMILES string of the molecule is CCNc1nnc(Cn2ccnc2C(C)C)s1. The molecule has 0 aromatic carbocycles. The highest BCUT2D eigenvalue weighted by molar-refractivity contribution is 7.15. The standard InChI is InChI=1S/C11H17N5S/c1-4-12-11-15-14-9(17-11)7-16-6-5-13-10(16)8(2)3/h5-6,8H,4,7H2,1-3H3,(H,12,15). The molecule has 0 radical (unpaired) electrons. The van der Waals surface area contributed by atoms with Crippen molar-refractivity contribution >= 4 is 16.5 Å². The van der Waals surface area contributed by atoms with Crippen molar-refractivity contribution in [3.05, 3.63) is 23.2 Å². The number of nitrogens with one attached hydrogen (secondary N) is 1. The van der Waals surface area contributed by atoms with Gasteiger partial charge in [-0.15, -0.1) is 10.2 Å². The van der Waals surface area contributed by atoms with Gasteiger partial charge in [0.2, 0.25) is 5.13 Å². The summed E-state index contributed by atoms with van der Waals surface area (Å²) in [5.74, 6) is 1.51. The summed E-state index contributed by atoms with van der Waals surface area (Å²) in [4.78, 5) is 4.36. The topological polar surface area (TPSA) is 55.6 Å². The van der Waals surface area contributed by atoms with Crippen LogP contribution < -0.4 is 5.32 Å². The van der Waals surface area contributed by atoms with Crippen LogP contribution >= 0.6 is 11.3 Å². The first-order valence-corrected chi connectivity index (χ1v) is 6.59. The molecule has 2 heterocycles. The van der Waals surface area contributed by atoms with Gasteiger partial charge in [-0.25, -0.2) is 4.98 Å². The molecule has 0 saturated carbocycles. The quantitative estimate of drug-likeness (QED) is 0.886. The number of aromatic nitrogens is 4. The van der Waals surface area contributed by atoms with E-state index in [1.54, 1.807) is 11.3 Å². The molecule has 2 rings (SSSR count). The predicted octanol–water partition coefficient (Wildman–Crippen LogP) is 2.34. The molecule has 5 nitrogen and oxygen atoms in total. The minimum atomic E-state index is 0.422. The van der Waals surface area contributed by atoms with Crippen LogP contribution in [0.3, 0.4) is 0 Å². The summed E-state index contributed by atoms with van der Waals surface area (Å²) in [6.45, 7) is 7.95. The molecule has 0 amide bonds. The number of rotatable bonds is 5. The summed E-state index contributed by atoms with van der Waals surface area (Å²) >= 11 is 1.59. The molecule has 17 heavy (non-hydrogen) atoms. The molecule has 0 unspecified atom stereocenters. The summed E-state index contributed by atoms with van der Waals surface area (Å²) in [5, 5.41) is 13.3. The summed E-state index contributed by atoms with van der Waals surface area (Å²) < 4.78 is 2.13. The lowest BCUT2D eigenvalue weighted by molar-refractivity contribution is 0.664. The second kappa shape index (κ2) is 5.27. The second-order valence-electron chi connectivity index (χ2n) is 4.10. The molecule has 2 aromatic rings. The lowest BCUT2D eigenvalue weighted by Gasteiger charge is -2.07. The molecule has 2 aromatic heterocycles. The number of hydrogen-bond donors (Lipinski definition) is 1. The van der Waals surface area contributed by atoms with E-state index in [4.69, 9.17) is 0 Å². The molecule has 6 heteroatoms. The molecule has 0 saturated heterocycles. The van der Waals surface area contributed by atoms with Gasteiger partial charge in [0, 0.05) is 24.9 Å². The van der Waals surface area contributed by atoms with E-state index in [0.29, 0.717) is 5.92 Å². The van der Waals surface area contributed by atoms with E-state index in [0.717, 1.165) is 29.1 Å². The van der Waals surface area contributed by atoms with Crippen LogP contribution in [-0.4, -0.2) is 26.3 Å². The summed E-state index contributed by atoms with van der Waals surface area (Å²) in [7, 11) is 0. The Morgan fingerprint density at radius 3 is 2.94 bits per heavy atom. The number of hydrogen-bond acceptors (Lipinski definition) is 5. The molecule has 0 fully saturated rings. The van der Waals surface area contributed by atoms with Gasteiger partial charge in [-0.2, -0.15) is 0 Å². The van der Waals surface area contributed by atoms with Crippen molar-refractivity contribution in [1.82, 2.24) is 19.7 Å². The third kappa shape index (κ3) is 2.82. The van der Waals surface area contributed by atoms with Crippen LogP contribution in [0.15, 0.2) is 12.4 Å². The second-order valence-corrected chi connectivity index (χ2v) is 5.16. The Morgan fingerprint density at radius 2 is 2.24 bits per heavy atom. The zero-order valence-corrected chi connectivity index (χ0v) is 11.2. The van der Waals surface area contributed by atoms with Gasteiger partial charge in [0.1, 0.15) is 10.8 Å². The van der Waals surface area contributed by atoms with Crippen molar-refractivity contribution < 1.29 is 0 Å². The van der Waals surface area contributed by atoms with Gasteiger partial charge in [0.25, 0.3) is 0 Å². The average Bonchev–Trinajstić information content (AvgIpc) is 2.89. The van der Waals surface area contributed by atoms with E-state index < -0.39 is 0 Å². The molecule has 1 N–H and O–H groups in total. The fourth-order valence-corrected chi connectivity index (χ4v) is 2.45. The Morgan fingerprint density at radius 1 is 1.41 bits per heavy atom. The van der Waals surface area contributed by atoms with Gasteiger partial charge in [0.15, 0.2) is 0 Å². The molecule has 0 atom stereocenters. The third-order valence-electron chi connectivity index (χ3n) is 2.36. The first-order valence-electron chi connectivity index (χ1n) is 5.78. The highest BCUT2D eigenvalue weighted by Gasteiger charge is 2.10. The zero-order valence-electron chi connectivity index (χ0n) is 10.3. The maximum absolute atomic E-state index is 4.36. The minimum absolute atomic E-state index is 0.422. The highest BCUT2D eigenvalue weighted by Crippen LogP contribution is 2.18. The van der Waals surface area contributed by atoms with E-state index in [1.165, 1.54) is 0 Å². The normalized spacial score (nSPS) is 11.1. The molecular weight excluding hydrogens is 234 g/mol. The molecule has 92 valence electrons. The molecule has 0 spiro atoms. The van der Waals surface area contributed by atoms with E-state index in [9.17, 15) is 0 Å². The Kier molecular flexibility index (Phi) is 3.73. The van der Waals surface area contributed by atoms with Gasteiger partial charge in [-0.1, -0.05) is 25.2 Å². The van der Waals surface area contributed by atoms with Crippen LogP contribution in [0, 0.1) is 0 Å². The summed E-state index contributed by atoms with van der Waals surface area (Å²) in [5.41, 5.74) is 0. The van der Waals surface area contributed by atoms with Gasteiger partial charge < -0.3 is 9.88 Å². The van der Waals surface area contributed by atoms with E-state index in [1.807, 2.05) is 19.3 Å². The number of nitrogens with zero attached hydrogens (tertiary/aromatic N) is 4. The van der Waals surface area contributed by atoms with Crippen LogP contribution in [0.2, 0.25) is 0 Å². The lowest BCUT2D eigenvalue weighted by atomic mass is 10.2. The minimum Gasteiger partial charge on any atom is -0.360 e. The fraction of sp³-hybridized carbons (Fsp3) is 0.545. The average molecular weight is 251 g/mol. The molecule has 0 aliphatic carbocycles. The number of imidazole rings is 1.